The zero-order chi connectivity index (χ0) is 10.8. The van der Waals surface area contributed by atoms with Crippen LogP contribution in [-0.4, -0.2) is 20.5 Å². The van der Waals surface area contributed by atoms with Gasteiger partial charge in [0.05, 0.1) is 16.8 Å². The molecule has 0 fully saturated rings. The molecule has 2 heterocycles. The molecule has 0 N–H and O–H groups in total. The van der Waals surface area contributed by atoms with Gasteiger partial charge in [-0.2, -0.15) is 5.10 Å². The summed E-state index contributed by atoms with van der Waals surface area (Å²) in [4.78, 5) is 16.8. The highest BCUT2D eigenvalue weighted by molar-refractivity contribution is 7.09. The van der Waals surface area contributed by atoms with E-state index in [9.17, 15) is 4.79 Å². The minimum absolute atomic E-state index is 0.102. The Kier molecular flexibility index (Phi) is 2.64. The second-order valence-electron chi connectivity index (χ2n) is 3.37. The summed E-state index contributed by atoms with van der Waals surface area (Å²) in [7, 11) is 1.82. The van der Waals surface area contributed by atoms with Crippen molar-refractivity contribution in [1.29, 1.82) is 0 Å². The predicted octanol–water partition coefficient (Wildman–Crippen LogP) is 1.61. The van der Waals surface area contributed by atoms with Crippen LogP contribution in [-0.2, 0) is 13.5 Å². The van der Waals surface area contributed by atoms with Gasteiger partial charge in [-0.25, -0.2) is 0 Å². The van der Waals surface area contributed by atoms with Crippen LogP contribution in [0.5, 0.6) is 0 Å². The summed E-state index contributed by atoms with van der Waals surface area (Å²) in [5.74, 6) is 0.102. The number of ketones is 1. The van der Waals surface area contributed by atoms with Crippen LogP contribution in [0.15, 0.2) is 17.9 Å². The Morgan fingerprint density at radius 1 is 1.60 bits per heavy atom. The van der Waals surface area contributed by atoms with Gasteiger partial charge in [-0.05, 0) is 6.92 Å². The summed E-state index contributed by atoms with van der Waals surface area (Å²) in [6.07, 6.45) is 3.91. The Bertz CT molecular complexity index is 473. The van der Waals surface area contributed by atoms with E-state index in [0.717, 1.165) is 10.6 Å². The molecule has 5 heteroatoms. The third-order valence-electron chi connectivity index (χ3n) is 2.13. The molecule has 0 aliphatic rings. The average Bonchev–Trinajstić information content (AvgIpc) is 2.75. The number of carbonyl (C=O) groups is 1. The fourth-order valence-corrected chi connectivity index (χ4v) is 2.05. The van der Waals surface area contributed by atoms with E-state index in [2.05, 4.69) is 10.1 Å². The monoisotopic (exact) mass is 221 g/mol. The summed E-state index contributed by atoms with van der Waals surface area (Å²) >= 11 is 1.50. The number of Topliss-reactive ketones (excluding diaryl/α,β-unsaturated/α-hetero) is 1. The van der Waals surface area contributed by atoms with E-state index in [1.807, 2.05) is 14.0 Å². The molecule has 0 radical (unpaired) electrons. The Morgan fingerprint density at radius 3 is 2.93 bits per heavy atom. The first-order valence-electron chi connectivity index (χ1n) is 4.57. The van der Waals surface area contributed by atoms with E-state index in [1.165, 1.54) is 11.3 Å². The van der Waals surface area contributed by atoms with Crippen molar-refractivity contribution in [1.82, 2.24) is 14.8 Å². The molecule has 0 amide bonds. The maximum absolute atomic E-state index is 11.9. The van der Waals surface area contributed by atoms with Crippen LogP contribution in [0.3, 0.4) is 0 Å². The van der Waals surface area contributed by atoms with E-state index in [4.69, 9.17) is 0 Å². The second kappa shape index (κ2) is 3.94. The van der Waals surface area contributed by atoms with E-state index < -0.39 is 0 Å². The van der Waals surface area contributed by atoms with Gasteiger partial charge in [-0.3, -0.25) is 14.5 Å². The minimum Gasteiger partial charge on any atom is -0.294 e. The second-order valence-corrected chi connectivity index (χ2v) is 4.34. The molecule has 2 aromatic heterocycles. The van der Waals surface area contributed by atoms with Crippen LogP contribution in [0.2, 0.25) is 0 Å². The summed E-state index contributed by atoms with van der Waals surface area (Å²) in [5.41, 5.74) is 3.22. The molecule has 4 nitrogen and oxygen atoms in total. The van der Waals surface area contributed by atoms with Gasteiger partial charge in [-0.15, -0.1) is 11.3 Å². The molecule has 0 saturated carbocycles. The molecule has 0 unspecified atom stereocenters. The Balaban J connectivity index is 2.18. The molecule has 0 atom stereocenters. The predicted molar refractivity (Wildman–Crippen MR) is 58.1 cm³/mol. The summed E-state index contributed by atoms with van der Waals surface area (Å²) < 4.78 is 1.66. The van der Waals surface area contributed by atoms with Crippen molar-refractivity contribution in [2.24, 2.45) is 7.05 Å². The van der Waals surface area contributed by atoms with Crippen molar-refractivity contribution in [3.8, 4) is 0 Å². The number of aromatic nitrogens is 3. The van der Waals surface area contributed by atoms with Gasteiger partial charge in [0, 0.05) is 30.7 Å². The molecule has 0 saturated heterocycles. The molecule has 0 bridgehead atoms. The fourth-order valence-electron chi connectivity index (χ4n) is 1.46. The zero-order valence-electron chi connectivity index (χ0n) is 8.60. The van der Waals surface area contributed by atoms with E-state index in [0.29, 0.717) is 12.0 Å². The quantitative estimate of drug-likeness (QED) is 0.740. The van der Waals surface area contributed by atoms with E-state index in [-0.39, 0.29) is 5.78 Å². The van der Waals surface area contributed by atoms with Gasteiger partial charge >= 0.3 is 0 Å². The SMILES string of the molecule is Cc1nn(C)cc1C(=O)Cc1cncs1. The van der Waals surface area contributed by atoms with Gasteiger partial charge in [0.1, 0.15) is 0 Å². The Hall–Kier alpha value is -1.49. The summed E-state index contributed by atoms with van der Waals surface area (Å²) in [5, 5.41) is 4.15. The maximum atomic E-state index is 11.9. The largest absolute Gasteiger partial charge is 0.294 e. The lowest BCUT2D eigenvalue weighted by Crippen LogP contribution is -2.02. The van der Waals surface area contributed by atoms with E-state index >= 15 is 0 Å². The van der Waals surface area contributed by atoms with Crippen LogP contribution in [0.1, 0.15) is 20.9 Å². The van der Waals surface area contributed by atoms with Crippen LogP contribution < -0.4 is 0 Å². The standard InChI is InChI=1S/C10H11N3OS/c1-7-9(5-13(2)12-7)10(14)3-8-4-11-6-15-8/h4-6H,3H2,1-2H3. The Labute approximate surface area is 91.6 Å². The van der Waals surface area contributed by atoms with Crippen molar-refractivity contribution in [2.45, 2.75) is 13.3 Å². The molecule has 15 heavy (non-hydrogen) atoms. The van der Waals surface area contributed by atoms with Crippen molar-refractivity contribution >= 4 is 17.1 Å². The molecule has 78 valence electrons. The average molecular weight is 221 g/mol. The van der Waals surface area contributed by atoms with Gasteiger partial charge in [0.25, 0.3) is 0 Å². The molecule has 2 rings (SSSR count). The van der Waals surface area contributed by atoms with Crippen molar-refractivity contribution in [2.75, 3.05) is 0 Å². The van der Waals surface area contributed by atoms with Gasteiger partial charge in [-0.1, -0.05) is 0 Å². The highest BCUT2D eigenvalue weighted by Gasteiger charge is 2.13. The number of thiazole rings is 1. The van der Waals surface area contributed by atoms with Crippen molar-refractivity contribution < 1.29 is 4.79 Å². The Morgan fingerprint density at radius 2 is 2.40 bits per heavy atom. The highest BCUT2D eigenvalue weighted by Crippen LogP contribution is 2.12. The summed E-state index contributed by atoms with van der Waals surface area (Å²) in [6, 6.07) is 0. The normalized spacial score (nSPS) is 10.5. The van der Waals surface area contributed by atoms with Crippen molar-refractivity contribution in [3.05, 3.63) is 34.0 Å². The third-order valence-corrected chi connectivity index (χ3v) is 2.91. The molecule has 2 aromatic rings. The molecule has 0 spiro atoms. The minimum atomic E-state index is 0.102. The van der Waals surface area contributed by atoms with E-state index in [1.54, 1.807) is 22.6 Å². The number of carbonyl (C=O) groups excluding carboxylic acids is 1. The first-order valence-corrected chi connectivity index (χ1v) is 5.45. The zero-order valence-corrected chi connectivity index (χ0v) is 9.41. The van der Waals surface area contributed by atoms with Crippen LogP contribution in [0.4, 0.5) is 0 Å². The first kappa shape index (κ1) is 10.0. The molecule has 0 aliphatic carbocycles. The molecule has 0 aromatic carbocycles. The van der Waals surface area contributed by atoms with Gasteiger partial charge in [0.2, 0.25) is 0 Å². The number of rotatable bonds is 3. The lowest BCUT2D eigenvalue weighted by Gasteiger charge is -1.95. The highest BCUT2D eigenvalue weighted by atomic mass is 32.1. The first-order chi connectivity index (χ1) is 7.16. The third kappa shape index (κ3) is 2.12. The van der Waals surface area contributed by atoms with Crippen LogP contribution in [0, 0.1) is 6.92 Å². The van der Waals surface area contributed by atoms with Crippen LogP contribution in [0.25, 0.3) is 0 Å². The summed E-state index contributed by atoms with van der Waals surface area (Å²) in [6.45, 7) is 1.85. The van der Waals surface area contributed by atoms with Gasteiger partial charge < -0.3 is 0 Å². The molecule has 0 aliphatic heterocycles. The number of hydrogen-bond acceptors (Lipinski definition) is 4. The fraction of sp³-hybridized carbons (Fsp3) is 0.300. The topological polar surface area (TPSA) is 47.8 Å². The lowest BCUT2D eigenvalue weighted by atomic mass is 10.1. The number of hydrogen-bond donors (Lipinski definition) is 0. The van der Waals surface area contributed by atoms with Crippen LogP contribution >= 0.6 is 11.3 Å². The molecular weight excluding hydrogens is 210 g/mol. The molecular formula is C10H11N3OS. The lowest BCUT2D eigenvalue weighted by molar-refractivity contribution is 0.0993. The number of aryl methyl sites for hydroxylation is 2. The smallest absolute Gasteiger partial charge is 0.171 e. The van der Waals surface area contributed by atoms with Crippen molar-refractivity contribution in [3.63, 3.8) is 0 Å². The maximum Gasteiger partial charge on any atom is 0.171 e. The number of nitrogens with zero attached hydrogens (tertiary/aromatic N) is 3. The van der Waals surface area contributed by atoms with Gasteiger partial charge in [0.15, 0.2) is 5.78 Å².